The Balaban J connectivity index is 2.03. The normalized spacial score (nSPS) is 11.9. The Labute approximate surface area is 120 Å². The van der Waals surface area contributed by atoms with Gasteiger partial charge < -0.3 is 10.6 Å². The molecule has 20 heavy (non-hydrogen) atoms. The van der Waals surface area contributed by atoms with Crippen LogP contribution in [0.2, 0.25) is 0 Å². The highest BCUT2D eigenvalue weighted by Gasteiger charge is 2.15. The van der Waals surface area contributed by atoms with Crippen molar-refractivity contribution in [1.82, 2.24) is 15.5 Å². The summed E-state index contributed by atoms with van der Waals surface area (Å²) in [6, 6.07) is 5.19. The van der Waals surface area contributed by atoms with Crippen molar-refractivity contribution in [3.63, 3.8) is 0 Å². The molecule has 0 saturated carbocycles. The predicted octanol–water partition coefficient (Wildman–Crippen LogP) is 1.91. The molecule has 0 aromatic carbocycles. The van der Waals surface area contributed by atoms with Crippen molar-refractivity contribution in [3.8, 4) is 10.6 Å². The molecule has 2 heterocycles. The fourth-order valence-corrected chi connectivity index (χ4v) is 2.53. The lowest BCUT2D eigenvalue weighted by Gasteiger charge is -2.10. The minimum absolute atomic E-state index is 0.246. The lowest BCUT2D eigenvalue weighted by Crippen LogP contribution is -2.40. The summed E-state index contributed by atoms with van der Waals surface area (Å²) < 4.78 is 0. The average Bonchev–Trinajstić information content (AvgIpc) is 2.97. The average molecular weight is 292 g/mol. The van der Waals surface area contributed by atoms with Crippen LogP contribution < -0.4 is 10.6 Å². The molecular formula is C13H16N4O2S. The number of aryl methyl sites for hydroxylation is 1. The van der Waals surface area contributed by atoms with Gasteiger partial charge in [0.2, 0.25) is 11.8 Å². The SMILES string of the molecule is CC(=O)N[C@@H](C)C(=O)Nc1cc(-c2ccc(C)s2)[nH]n1. The Bertz CT molecular complexity index is 632. The van der Waals surface area contributed by atoms with Crippen LogP contribution >= 0.6 is 11.3 Å². The lowest BCUT2D eigenvalue weighted by atomic mass is 10.3. The molecule has 0 aliphatic carbocycles. The van der Waals surface area contributed by atoms with Crippen LogP contribution in [0.1, 0.15) is 18.7 Å². The second-order valence-electron chi connectivity index (χ2n) is 4.49. The fourth-order valence-electron chi connectivity index (χ4n) is 1.70. The number of H-pyrrole nitrogens is 1. The van der Waals surface area contributed by atoms with Gasteiger partial charge in [-0.3, -0.25) is 14.7 Å². The molecule has 0 aliphatic heterocycles. The number of hydrogen-bond donors (Lipinski definition) is 3. The summed E-state index contributed by atoms with van der Waals surface area (Å²) in [5.74, 6) is -0.113. The number of amides is 2. The molecule has 1 atom stereocenters. The Hall–Kier alpha value is -2.15. The minimum atomic E-state index is -0.600. The van der Waals surface area contributed by atoms with E-state index < -0.39 is 6.04 Å². The Morgan fingerprint density at radius 3 is 2.75 bits per heavy atom. The van der Waals surface area contributed by atoms with Crippen LogP contribution in [0.4, 0.5) is 5.82 Å². The highest BCUT2D eigenvalue weighted by Crippen LogP contribution is 2.27. The molecule has 0 bridgehead atoms. The molecule has 0 saturated heterocycles. The fraction of sp³-hybridized carbons (Fsp3) is 0.308. The van der Waals surface area contributed by atoms with Crippen LogP contribution in [-0.4, -0.2) is 28.1 Å². The van der Waals surface area contributed by atoms with Crippen LogP contribution in [0.25, 0.3) is 10.6 Å². The zero-order valence-electron chi connectivity index (χ0n) is 11.5. The molecule has 0 unspecified atom stereocenters. The van der Waals surface area contributed by atoms with E-state index in [-0.39, 0.29) is 11.8 Å². The molecule has 7 heteroatoms. The molecule has 3 N–H and O–H groups in total. The third-order valence-corrected chi connectivity index (χ3v) is 3.68. The van der Waals surface area contributed by atoms with Crippen molar-refractivity contribution < 1.29 is 9.59 Å². The molecule has 0 aliphatic rings. The first-order chi connectivity index (χ1) is 9.45. The molecule has 2 aromatic rings. The van der Waals surface area contributed by atoms with Gasteiger partial charge in [0.1, 0.15) is 6.04 Å². The first-order valence-corrected chi connectivity index (χ1v) is 6.97. The van der Waals surface area contributed by atoms with Gasteiger partial charge in [-0.1, -0.05) is 0 Å². The topological polar surface area (TPSA) is 86.9 Å². The predicted molar refractivity (Wildman–Crippen MR) is 78.5 cm³/mol. The van der Waals surface area contributed by atoms with Gasteiger partial charge in [-0.15, -0.1) is 11.3 Å². The number of nitrogens with zero attached hydrogens (tertiary/aromatic N) is 1. The van der Waals surface area contributed by atoms with Crippen molar-refractivity contribution in [2.24, 2.45) is 0 Å². The van der Waals surface area contributed by atoms with Crippen LogP contribution in [0.5, 0.6) is 0 Å². The van der Waals surface area contributed by atoms with E-state index in [2.05, 4.69) is 20.8 Å². The summed E-state index contributed by atoms with van der Waals surface area (Å²) in [6.45, 7) is 5.02. The molecule has 0 radical (unpaired) electrons. The van der Waals surface area contributed by atoms with Crippen LogP contribution in [0, 0.1) is 6.92 Å². The number of thiophene rings is 1. The second kappa shape index (κ2) is 5.87. The quantitative estimate of drug-likeness (QED) is 0.804. The van der Waals surface area contributed by atoms with E-state index in [0.29, 0.717) is 5.82 Å². The van der Waals surface area contributed by atoms with Crippen molar-refractivity contribution in [1.29, 1.82) is 0 Å². The summed E-state index contributed by atoms with van der Waals surface area (Å²) in [5, 5.41) is 12.1. The number of aromatic amines is 1. The lowest BCUT2D eigenvalue weighted by molar-refractivity contribution is -0.124. The maximum Gasteiger partial charge on any atom is 0.247 e. The summed E-state index contributed by atoms with van der Waals surface area (Å²) in [4.78, 5) is 25.0. The Morgan fingerprint density at radius 2 is 2.15 bits per heavy atom. The first kappa shape index (κ1) is 14.3. The van der Waals surface area contributed by atoms with E-state index in [1.54, 1.807) is 24.3 Å². The first-order valence-electron chi connectivity index (χ1n) is 6.16. The van der Waals surface area contributed by atoms with E-state index in [1.807, 2.05) is 19.1 Å². The summed E-state index contributed by atoms with van der Waals surface area (Å²) in [5.41, 5.74) is 0.852. The van der Waals surface area contributed by atoms with E-state index in [0.717, 1.165) is 10.6 Å². The molecule has 6 nitrogen and oxygen atoms in total. The minimum Gasteiger partial charge on any atom is -0.345 e. The number of anilines is 1. The van der Waals surface area contributed by atoms with Crippen molar-refractivity contribution in [3.05, 3.63) is 23.1 Å². The van der Waals surface area contributed by atoms with Gasteiger partial charge in [0.05, 0.1) is 10.6 Å². The van der Waals surface area contributed by atoms with Gasteiger partial charge in [0, 0.05) is 17.9 Å². The number of rotatable bonds is 4. The van der Waals surface area contributed by atoms with Gasteiger partial charge in [-0.2, -0.15) is 5.10 Å². The van der Waals surface area contributed by atoms with Crippen molar-refractivity contribution in [2.45, 2.75) is 26.8 Å². The summed E-state index contributed by atoms with van der Waals surface area (Å²) >= 11 is 1.65. The molecule has 2 aromatic heterocycles. The largest absolute Gasteiger partial charge is 0.345 e. The maximum atomic E-state index is 11.8. The zero-order chi connectivity index (χ0) is 14.7. The maximum absolute atomic E-state index is 11.8. The smallest absolute Gasteiger partial charge is 0.247 e. The number of aromatic nitrogens is 2. The molecule has 2 rings (SSSR count). The molecule has 0 fully saturated rings. The highest BCUT2D eigenvalue weighted by atomic mass is 32.1. The van der Waals surface area contributed by atoms with Crippen molar-refractivity contribution in [2.75, 3.05) is 5.32 Å². The van der Waals surface area contributed by atoms with E-state index in [4.69, 9.17) is 0 Å². The van der Waals surface area contributed by atoms with Crippen LogP contribution in [-0.2, 0) is 9.59 Å². The van der Waals surface area contributed by atoms with E-state index >= 15 is 0 Å². The molecular weight excluding hydrogens is 276 g/mol. The number of carbonyl (C=O) groups excluding carboxylic acids is 2. The van der Waals surface area contributed by atoms with Gasteiger partial charge in [0.15, 0.2) is 5.82 Å². The third kappa shape index (κ3) is 3.45. The van der Waals surface area contributed by atoms with Gasteiger partial charge in [-0.05, 0) is 26.0 Å². The van der Waals surface area contributed by atoms with Crippen molar-refractivity contribution >= 4 is 29.0 Å². The second-order valence-corrected chi connectivity index (χ2v) is 5.78. The number of hydrogen-bond acceptors (Lipinski definition) is 4. The molecule has 0 spiro atoms. The number of carbonyl (C=O) groups is 2. The van der Waals surface area contributed by atoms with Crippen LogP contribution in [0.3, 0.4) is 0 Å². The summed E-state index contributed by atoms with van der Waals surface area (Å²) in [7, 11) is 0. The van der Waals surface area contributed by atoms with Crippen LogP contribution in [0.15, 0.2) is 18.2 Å². The van der Waals surface area contributed by atoms with Gasteiger partial charge in [0.25, 0.3) is 0 Å². The number of nitrogens with one attached hydrogen (secondary N) is 3. The summed E-state index contributed by atoms with van der Waals surface area (Å²) in [6.07, 6.45) is 0. The van der Waals surface area contributed by atoms with Gasteiger partial charge >= 0.3 is 0 Å². The third-order valence-electron chi connectivity index (χ3n) is 2.65. The molecule has 106 valence electrons. The van der Waals surface area contributed by atoms with E-state index in [9.17, 15) is 9.59 Å². The zero-order valence-corrected chi connectivity index (χ0v) is 12.3. The Morgan fingerprint density at radius 1 is 1.40 bits per heavy atom. The highest BCUT2D eigenvalue weighted by molar-refractivity contribution is 7.15. The van der Waals surface area contributed by atoms with E-state index in [1.165, 1.54) is 11.8 Å². The molecule has 2 amide bonds. The Kier molecular flexibility index (Phi) is 4.19. The van der Waals surface area contributed by atoms with Gasteiger partial charge in [-0.25, -0.2) is 0 Å². The monoisotopic (exact) mass is 292 g/mol. The standard InChI is InChI=1S/C13H16N4O2S/c1-7-4-5-11(20-7)10-6-12(17-16-10)15-13(19)8(2)14-9(3)18/h4-6,8H,1-3H3,(H,14,18)(H2,15,16,17,19)/t8-/m0/s1.